The minimum atomic E-state index is 0.800. The lowest BCUT2D eigenvalue weighted by Gasteiger charge is -2.05. The van der Waals surface area contributed by atoms with Crippen molar-refractivity contribution in [3.63, 3.8) is 0 Å². The van der Waals surface area contributed by atoms with Gasteiger partial charge in [0.05, 0.1) is 0 Å². The lowest BCUT2D eigenvalue weighted by molar-refractivity contribution is -0.104. The van der Waals surface area contributed by atoms with Crippen LogP contribution in [0.15, 0.2) is 18.2 Å². The summed E-state index contributed by atoms with van der Waals surface area (Å²) in [7, 11) is 0. The minimum Gasteiger partial charge on any atom is -0.299 e. The van der Waals surface area contributed by atoms with Gasteiger partial charge in [-0.25, -0.2) is 0 Å². The Balaban J connectivity index is 3.15. The number of aryl methyl sites for hydroxylation is 3. The van der Waals surface area contributed by atoms with Crippen LogP contribution < -0.4 is 0 Å². The lowest BCUT2D eigenvalue weighted by Crippen LogP contribution is -1.87. The van der Waals surface area contributed by atoms with E-state index >= 15 is 0 Å². The Morgan fingerprint density at radius 2 is 1.62 bits per heavy atom. The molecule has 0 spiro atoms. The second-order valence-electron chi connectivity index (χ2n) is 3.29. The quantitative estimate of drug-likeness (QED) is 0.497. The molecule has 0 aliphatic rings. The van der Waals surface area contributed by atoms with Crippen molar-refractivity contribution in [3.8, 4) is 0 Å². The summed E-state index contributed by atoms with van der Waals surface area (Å²) < 4.78 is 0. The molecule has 68 valence electrons. The van der Waals surface area contributed by atoms with E-state index in [-0.39, 0.29) is 0 Å². The summed E-state index contributed by atoms with van der Waals surface area (Å²) in [5, 5.41) is 0. The smallest absolute Gasteiger partial charge is 0.142 e. The molecule has 0 amide bonds. The number of aldehydes is 1. The standard InChI is InChI=1S/C12H14O/c1-9-7-11(3)12(5-4-6-13)8-10(9)2/h4-8H,1-3H3/b5-4-. The van der Waals surface area contributed by atoms with Crippen LogP contribution in [-0.2, 0) is 4.79 Å². The largest absolute Gasteiger partial charge is 0.299 e. The van der Waals surface area contributed by atoms with Crippen molar-refractivity contribution in [1.29, 1.82) is 0 Å². The average molecular weight is 174 g/mol. The predicted molar refractivity (Wildman–Crippen MR) is 55.8 cm³/mol. The highest BCUT2D eigenvalue weighted by molar-refractivity contribution is 5.74. The molecule has 1 nitrogen and oxygen atoms in total. The third kappa shape index (κ3) is 2.28. The first-order valence-electron chi connectivity index (χ1n) is 4.35. The molecule has 0 aliphatic heterocycles. The monoisotopic (exact) mass is 174 g/mol. The summed E-state index contributed by atoms with van der Waals surface area (Å²) in [6.07, 6.45) is 4.17. The molecule has 0 atom stereocenters. The Kier molecular flexibility index (Phi) is 3.02. The molecule has 0 saturated carbocycles. The molecule has 1 heteroatoms. The van der Waals surface area contributed by atoms with Crippen LogP contribution >= 0.6 is 0 Å². The Morgan fingerprint density at radius 3 is 2.23 bits per heavy atom. The van der Waals surface area contributed by atoms with Gasteiger partial charge < -0.3 is 0 Å². The number of allylic oxidation sites excluding steroid dienone is 1. The average Bonchev–Trinajstić information content (AvgIpc) is 2.09. The molecule has 0 saturated heterocycles. The van der Waals surface area contributed by atoms with E-state index in [0.29, 0.717) is 0 Å². The third-order valence-corrected chi connectivity index (χ3v) is 2.24. The van der Waals surface area contributed by atoms with E-state index in [9.17, 15) is 4.79 Å². The van der Waals surface area contributed by atoms with Crippen LogP contribution in [0.3, 0.4) is 0 Å². The van der Waals surface area contributed by atoms with Gasteiger partial charge >= 0.3 is 0 Å². The van der Waals surface area contributed by atoms with Crippen molar-refractivity contribution in [2.24, 2.45) is 0 Å². The fourth-order valence-corrected chi connectivity index (χ4v) is 1.31. The highest BCUT2D eigenvalue weighted by Crippen LogP contribution is 2.16. The normalized spacial score (nSPS) is 10.7. The van der Waals surface area contributed by atoms with E-state index in [2.05, 4.69) is 32.9 Å². The second kappa shape index (κ2) is 4.04. The van der Waals surface area contributed by atoms with Crippen LogP contribution in [0, 0.1) is 20.8 Å². The zero-order valence-corrected chi connectivity index (χ0v) is 8.29. The molecule has 0 fully saturated rings. The molecule has 0 unspecified atom stereocenters. The number of carbonyl (C=O) groups excluding carboxylic acids is 1. The predicted octanol–water partition coefficient (Wildman–Crippen LogP) is 2.82. The molecule has 0 radical (unpaired) electrons. The van der Waals surface area contributed by atoms with Gasteiger partial charge in [-0.3, -0.25) is 4.79 Å². The summed E-state index contributed by atoms with van der Waals surface area (Å²) >= 11 is 0. The summed E-state index contributed by atoms with van der Waals surface area (Å²) in [6.45, 7) is 6.22. The highest BCUT2D eigenvalue weighted by Gasteiger charge is 1.97. The molecule has 1 rings (SSSR count). The number of carbonyl (C=O) groups is 1. The van der Waals surface area contributed by atoms with Gasteiger partial charge in [-0.1, -0.05) is 18.2 Å². The Bertz CT molecular complexity index is 348. The Morgan fingerprint density at radius 1 is 1.00 bits per heavy atom. The van der Waals surface area contributed by atoms with Gasteiger partial charge in [0, 0.05) is 0 Å². The van der Waals surface area contributed by atoms with Crippen molar-refractivity contribution in [2.45, 2.75) is 20.8 Å². The second-order valence-corrected chi connectivity index (χ2v) is 3.29. The van der Waals surface area contributed by atoms with E-state index in [1.165, 1.54) is 22.8 Å². The van der Waals surface area contributed by atoms with Crippen molar-refractivity contribution < 1.29 is 4.79 Å². The molecule has 0 bridgehead atoms. The number of rotatable bonds is 2. The molecule has 1 aromatic rings. The number of benzene rings is 1. The van der Waals surface area contributed by atoms with Crippen molar-refractivity contribution in [1.82, 2.24) is 0 Å². The first-order valence-corrected chi connectivity index (χ1v) is 4.35. The van der Waals surface area contributed by atoms with E-state index in [1.807, 2.05) is 6.08 Å². The molecule has 0 aliphatic carbocycles. The molecule has 0 heterocycles. The van der Waals surface area contributed by atoms with Gasteiger partial charge in [-0.05, 0) is 49.1 Å². The van der Waals surface area contributed by atoms with E-state index in [0.717, 1.165) is 11.8 Å². The van der Waals surface area contributed by atoms with E-state index in [1.54, 1.807) is 0 Å². The van der Waals surface area contributed by atoms with Gasteiger partial charge in [0.15, 0.2) is 0 Å². The fraction of sp³-hybridized carbons (Fsp3) is 0.250. The van der Waals surface area contributed by atoms with Crippen LogP contribution in [0.2, 0.25) is 0 Å². The molecule has 0 aromatic heterocycles. The molecular formula is C12H14O. The van der Waals surface area contributed by atoms with Gasteiger partial charge in [-0.15, -0.1) is 0 Å². The summed E-state index contributed by atoms with van der Waals surface area (Å²) in [5.41, 5.74) is 4.88. The van der Waals surface area contributed by atoms with Crippen molar-refractivity contribution in [2.75, 3.05) is 0 Å². The summed E-state index contributed by atoms with van der Waals surface area (Å²) in [6, 6.07) is 4.24. The van der Waals surface area contributed by atoms with Gasteiger partial charge in [0.25, 0.3) is 0 Å². The minimum absolute atomic E-state index is 0.800. The Labute approximate surface area is 79.1 Å². The maximum Gasteiger partial charge on any atom is 0.142 e. The van der Waals surface area contributed by atoms with Crippen LogP contribution in [0.1, 0.15) is 22.3 Å². The summed E-state index contributed by atoms with van der Waals surface area (Å²) in [4.78, 5) is 10.2. The van der Waals surface area contributed by atoms with E-state index < -0.39 is 0 Å². The first-order chi connectivity index (χ1) is 6.15. The molecule has 13 heavy (non-hydrogen) atoms. The van der Waals surface area contributed by atoms with Crippen LogP contribution in [0.5, 0.6) is 0 Å². The molecular weight excluding hydrogens is 160 g/mol. The first kappa shape index (κ1) is 9.72. The number of hydrogen-bond acceptors (Lipinski definition) is 1. The van der Waals surface area contributed by atoms with Crippen LogP contribution in [-0.4, -0.2) is 6.29 Å². The zero-order chi connectivity index (χ0) is 9.84. The SMILES string of the molecule is Cc1cc(C)c(/C=C\C=O)cc1C. The number of hydrogen-bond donors (Lipinski definition) is 0. The van der Waals surface area contributed by atoms with Gasteiger partial charge in [-0.2, -0.15) is 0 Å². The maximum absolute atomic E-state index is 10.2. The topological polar surface area (TPSA) is 17.1 Å². The zero-order valence-electron chi connectivity index (χ0n) is 8.29. The van der Waals surface area contributed by atoms with Gasteiger partial charge in [0.2, 0.25) is 0 Å². The van der Waals surface area contributed by atoms with Gasteiger partial charge in [0.1, 0.15) is 6.29 Å². The Hall–Kier alpha value is -1.37. The van der Waals surface area contributed by atoms with Crippen LogP contribution in [0.4, 0.5) is 0 Å². The van der Waals surface area contributed by atoms with Crippen molar-refractivity contribution in [3.05, 3.63) is 40.5 Å². The maximum atomic E-state index is 10.2. The summed E-state index contributed by atoms with van der Waals surface area (Å²) in [5.74, 6) is 0. The molecule has 1 aromatic carbocycles. The van der Waals surface area contributed by atoms with E-state index in [4.69, 9.17) is 0 Å². The highest BCUT2D eigenvalue weighted by atomic mass is 16.1. The van der Waals surface area contributed by atoms with Crippen LogP contribution in [0.25, 0.3) is 6.08 Å². The molecule has 0 N–H and O–H groups in total. The lowest BCUT2D eigenvalue weighted by atomic mass is 10.0. The third-order valence-electron chi connectivity index (χ3n) is 2.24. The van der Waals surface area contributed by atoms with Crippen molar-refractivity contribution >= 4 is 12.4 Å². The fourth-order valence-electron chi connectivity index (χ4n) is 1.31.